The fourth-order valence-corrected chi connectivity index (χ4v) is 0. The third-order valence-corrected chi connectivity index (χ3v) is 0. The number of hydrogen-bond acceptors (Lipinski definition) is 0. The molecule has 0 aromatic carbocycles. The summed E-state index contributed by atoms with van der Waals surface area (Å²) in [6.07, 6.45) is 0. The van der Waals surface area contributed by atoms with E-state index in [0.29, 0.717) is 0 Å². The Morgan fingerprint density at radius 1 is 0.556 bits per heavy atom. The van der Waals surface area contributed by atoms with Crippen LogP contribution >= 0.6 is 0 Å². The van der Waals surface area contributed by atoms with Crippen LogP contribution in [0, 0.1) is 0 Å². The predicted molar refractivity (Wildman–Crippen MR) is 18.9 cm³/mol. The summed E-state index contributed by atoms with van der Waals surface area (Å²) in [6.45, 7) is 0. The van der Waals surface area contributed by atoms with E-state index in [2.05, 4.69) is 0 Å². The van der Waals surface area contributed by atoms with Crippen molar-refractivity contribution < 1.29 is 55.1 Å². The second kappa shape index (κ2) is 11.3. The third kappa shape index (κ3) is 1790. The Kier molecular flexibility index (Phi) is 42.7. The molecule has 0 amide bonds. The molecule has 4 nitrogen and oxygen atoms in total. The van der Waals surface area contributed by atoms with Gasteiger partial charge in [0, 0.05) is 0 Å². The zero-order chi connectivity index (χ0) is 4.50. The van der Waals surface area contributed by atoms with E-state index in [1.807, 2.05) is 0 Å². The van der Waals surface area contributed by atoms with Crippen LogP contribution in [0.5, 0.6) is 0 Å². The van der Waals surface area contributed by atoms with Crippen LogP contribution in [-0.4, -0.2) is 21.9 Å². The molecule has 0 atom stereocenters. The maximum atomic E-state index is 9.90. The summed E-state index contributed by atoms with van der Waals surface area (Å²) in [5, 5.41) is 0. The van der Waals surface area contributed by atoms with Crippen LogP contribution in [0.2, 0.25) is 0 Å². The van der Waals surface area contributed by atoms with Crippen molar-refractivity contribution in [1.82, 2.24) is 0 Å². The van der Waals surface area contributed by atoms with Gasteiger partial charge in [-0.3, -0.25) is 0 Å². The van der Waals surface area contributed by atoms with Crippen LogP contribution in [-0.2, 0) is 22.7 Å². The van der Waals surface area contributed by atoms with Crippen LogP contribution in [0.4, 0.5) is 10.5 Å². The number of rotatable bonds is 0. The van der Waals surface area contributed by atoms with E-state index in [-0.39, 0.29) is 21.9 Å². The molecule has 0 saturated heterocycles. The quantitative estimate of drug-likeness (QED) is 0.450. The molecule has 0 bridgehead atoms. The SMILES string of the molecule is O.O.O.O.[F][Zr]([F])([F])[F]. The first-order valence-electron chi connectivity index (χ1n) is 0.756. The molecule has 64 valence electrons. The molecule has 0 aromatic rings. The van der Waals surface area contributed by atoms with Crippen LogP contribution in [0.25, 0.3) is 0 Å². The second-order valence-corrected chi connectivity index (χ2v) is 2.54. The third-order valence-electron chi connectivity index (χ3n) is 0. The van der Waals surface area contributed by atoms with Gasteiger partial charge in [-0.05, 0) is 0 Å². The molecule has 0 rings (SSSR count). The van der Waals surface area contributed by atoms with Crippen molar-refractivity contribution >= 4 is 0 Å². The predicted octanol–water partition coefficient (Wildman–Crippen LogP) is -1.62. The first-order valence-corrected chi connectivity index (χ1v) is 4.47. The summed E-state index contributed by atoms with van der Waals surface area (Å²) in [5.41, 5.74) is 0. The topological polar surface area (TPSA) is 126 Å². The van der Waals surface area contributed by atoms with E-state index < -0.39 is 22.7 Å². The van der Waals surface area contributed by atoms with Crippen molar-refractivity contribution in [2.75, 3.05) is 0 Å². The van der Waals surface area contributed by atoms with E-state index in [1.165, 1.54) is 0 Å². The van der Waals surface area contributed by atoms with Gasteiger partial charge in [-0.1, -0.05) is 0 Å². The van der Waals surface area contributed by atoms with Gasteiger partial charge in [0.15, 0.2) is 0 Å². The van der Waals surface area contributed by atoms with Crippen molar-refractivity contribution in [1.29, 1.82) is 0 Å². The van der Waals surface area contributed by atoms with E-state index in [4.69, 9.17) is 0 Å². The minimum atomic E-state index is -7.18. The molecule has 0 aromatic heterocycles. The molecule has 0 aliphatic rings. The van der Waals surface area contributed by atoms with E-state index in [9.17, 15) is 10.5 Å². The van der Waals surface area contributed by atoms with Gasteiger partial charge in [0.2, 0.25) is 0 Å². The molecule has 0 aliphatic carbocycles. The Labute approximate surface area is 55.6 Å². The molecule has 0 radical (unpaired) electrons. The summed E-state index contributed by atoms with van der Waals surface area (Å²) in [7, 11) is 0. The Morgan fingerprint density at radius 3 is 0.556 bits per heavy atom. The average molecular weight is 239 g/mol. The standard InChI is InChI=1S/4FH.4H2O.Zr/h4*1H;4*1H2;/q;;;;;;;;+4/p-4. The fraction of sp³-hybridized carbons (Fsp3) is 0. The first kappa shape index (κ1) is 34.1. The summed E-state index contributed by atoms with van der Waals surface area (Å²) in [5.74, 6) is 0. The van der Waals surface area contributed by atoms with Crippen molar-refractivity contribution in [3.63, 3.8) is 0 Å². The summed E-state index contributed by atoms with van der Waals surface area (Å²) in [6, 6.07) is 0. The van der Waals surface area contributed by atoms with E-state index in [1.54, 1.807) is 0 Å². The fourth-order valence-electron chi connectivity index (χ4n) is 0. The van der Waals surface area contributed by atoms with Crippen molar-refractivity contribution in [3.05, 3.63) is 0 Å². The summed E-state index contributed by atoms with van der Waals surface area (Å²) in [4.78, 5) is 0. The monoisotopic (exact) mass is 238 g/mol. The van der Waals surface area contributed by atoms with Crippen LogP contribution in [0.1, 0.15) is 0 Å². The number of halogens is 4. The van der Waals surface area contributed by atoms with Crippen molar-refractivity contribution in [2.24, 2.45) is 0 Å². The Bertz CT molecular complexity index is 28.0. The number of hydrogen-bond donors (Lipinski definition) is 0. The Balaban J connectivity index is -0.0000000133. The minimum absolute atomic E-state index is 0. The zero-order valence-corrected chi connectivity index (χ0v) is 6.47. The normalized spacial score (nSPS) is 6.67. The molecule has 0 aliphatic heterocycles. The van der Waals surface area contributed by atoms with Gasteiger partial charge < -0.3 is 21.9 Å². The van der Waals surface area contributed by atoms with Gasteiger partial charge in [-0.2, -0.15) is 0 Å². The van der Waals surface area contributed by atoms with Gasteiger partial charge in [-0.15, -0.1) is 0 Å². The van der Waals surface area contributed by atoms with E-state index >= 15 is 0 Å². The van der Waals surface area contributed by atoms with E-state index in [0.717, 1.165) is 0 Å². The molecule has 9 heteroatoms. The van der Waals surface area contributed by atoms with Gasteiger partial charge in [0.05, 0.1) is 0 Å². The summed E-state index contributed by atoms with van der Waals surface area (Å²) < 4.78 is 39.6. The van der Waals surface area contributed by atoms with Crippen molar-refractivity contribution in [3.8, 4) is 0 Å². The molecule has 0 saturated carbocycles. The molecule has 0 heterocycles. The Hall–Kier alpha value is 0.443. The van der Waals surface area contributed by atoms with Crippen LogP contribution in [0.15, 0.2) is 0 Å². The molecule has 0 spiro atoms. The first-order chi connectivity index (χ1) is 2.00. The van der Waals surface area contributed by atoms with Gasteiger partial charge in [0.1, 0.15) is 0 Å². The molecular formula is H8F4O4Zr. The van der Waals surface area contributed by atoms with Crippen LogP contribution < -0.4 is 0 Å². The molecule has 0 fully saturated rings. The maximum absolute atomic E-state index is 9.90. The Morgan fingerprint density at radius 2 is 0.556 bits per heavy atom. The van der Waals surface area contributed by atoms with Gasteiger partial charge in [0.25, 0.3) is 0 Å². The molecule has 8 N–H and O–H groups in total. The zero-order valence-electron chi connectivity index (χ0n) is 4.01. The molecular weight excluding hydrogens is 231 g/mol. The molecule has 9 heavy (non-hydrogen) atoms. The summed E-state index contributed by atoms with van der Waals surface area (Å²) >= 11 is -7.18. The van der Waals surface area contributed by atoms with Crippen molar-refractivity contribution in [2.45, 2.75) is 0 Å². The van der Waals surface area contributed by atoms with Gasteiger partial charge >= 0.3 is 33.2 Å². The average Bonchev–Trinajstić information content (AvgIpc) is 0.722. The van der Waals surface area contributed by atoms with Crippen LogP contribution in [0.3, 0.4) is 0 Å². The second-order valence-electron chi connectivity index (χ2n) is 0.429. The molecule has 0 unspecified atom stereocenters. The van der Waals surface area contributed by atoms with Gasteiger partial charge in [-0.25, -0.2) is 0 Å².